The van der Waals surface area contributed by atoms with Crippen molar-refractivity contribution in [3.05, 3.63) is 29.8 Å². The molecule has 0 bridgehead atoms. The molecule has 120 valence electrons. The fraction of sp³-hybridized carbons (Fsp3) is 0.611. The van der Waals surface area contributed by atoms with E-state index in [1.807, 2.05) is 23.1 Å². The van der Waals surface area contributed by atoms with E-state index < -0.39 is 0 Å². The molecule has 2 fully saturated rings. The molecule has 2 amide bonds. The quantitative estimate of drug-likeness (QED) is 0.929. The summed E-state index contributed by atoms with van der Waals surface area (Å²) in [7, 11) is 0. The summed E-state index contributed by atoms with van der Waals surface area (Å²) < 4.78 is 0. The van der Waals surface area contributed by atoms with Crippen molar-refractivity contribution in [1.29, 1.82) is 0 Å². The van der Waals surface area contributed by atoms with E-state index in [0.717, 1.165) is 25.2 Å². The average Bonchev–Trinajstić information content (AvgIpc) is 2.75. The Hall–Kier alpha value is -1.55. The van der Waals surface area contributed by atoms with Crippen LogP contribution < -0.4 is 5.32 Å². The molecule has 1 aromatic rings. The lowest BCUT2D eigenvalue weighted by Gasteiger charge is -2.45. The first kappa shape index (κ1) is 15.3. The zero-order valence-electron chi connectivity index (χ0n) is 13.6. The minimum Gasteiger partial charge on any atom is -0.321 e. The molecule has 4 nitrogen and oxygen atoms in total. The largest absolute Gasteiger partial charge is 0.321 e. The molecule has 2 aliphatic rings. The first-order valence-corrected chi connectivity index (χ1v) is 8.66. The zero-order valence-corrected chi connectivity index (χ0v) is 13.6. The highest BCUT2D eigenvalue weighted by molar-refractivity contribution is 5.90. The van der Waals surface area contributed by atoms with Gasteiger partial charge in [-0.1, -0.05) is 38.0 Å². The highest BCUT2D eigenvalue weighted by Crippen LogP contribution is 2.22. The first-order valence-electron chi connectivity index (χ1n) is 8.66. The first-order chi connectivity index (χ1) is 10.8. The molecule has 0 aliphatic carbocycles. The van der Waals surface area contributed by atoms with Gasteiger partial charge in [0.15, 0.2) is 0 Å². The maximum Gasteiger partial charge on any atom is 0.321 e. The molecule has 2 heterocycles. The monoisotopic (exact) mass is 301 g/mol. The summed E-state index contributed by atoms with van der Waals surface area (Å²) in [6.45, 7) is 6.28. The number of urea groups is 1. The lowest BCUT2D eigenvalue weighted by molar-refractivity contribution is 0.0638. The third-order valence-corrected chi connectivity index (χ3v) is 4.95. The van der Waals surface area contributed by atoms with Crippen LogP contribution >= 0.6 is 0 Å². The topological polar surface area (TPSA) is 35.6 Å². The van der Waals surface area contributed by atoms with E-state index in [1.165, 1.54) is 44.3 Å². The van der Waals surface area contributed by atoms with Crippen LogP contribution in [0.15, 0.2) is 24.3 Å². The number of benzene rings is 1. The molecular weight excluding hydrogens is 274 g/mol. The van der Waals surface area contributed by atoms with Gasteiger partial charge in [-0.3, -0.25) is 4.90 Å². The summed E-state index contributed by atoms with van der Waals surface area (Å²) in [6.07, 6.45) is 6.29. The summed E-state index contributed by atoms with van der Waals surface area (Å²) in [5.74, 6) is 0. The van der Waals surface area contributed by atoms with Crippen molar-refractivity contribution in [2.75, 3.05) is 31.5 Å². The third-order valence-electron chi connectivity index (χ3n) is 4.95. The van der Waals surface area contributed by atoms with Crippen LogP contribution in [0.4, 0.5) is 10.5 Å². The highest BCUT2D eigenvalue weighted by atomic mass is 16.2. The van der Waals surface area contributed by atoms with E-state index in [-0.39, 0.29) is 6.03 Å². The van der Waals surface area contributed by atoms with Gasteiger partial charge in [-0.25, -0.2) is 4.79 Å². The Morgan fingerprint density at radius 2 is 1.82 bits per heavy atom. The van der Waals surface area contributed by atoms with E-state index in [9.17, 15) is 4.79 Å². The van der Waals surface area contributed by atoms with Gasteiger partial charge in [0, 0.05) is 24.8 Å². The van der Waals surface area contributed by atoms with Gasteiger partial charge >= 0.3 is 6.03 Å². The van der Waals surface area contributed by atoms with Crippen molar-refractivity contribution >= 4 is 11.7 Å². The van der Waals surface area contributed by atoms with E-state index in [0.29, 0.717) is 6.04 Å². The van der Waals surface area contributed by atoms with E-state index >= 15 is 0 Å². The molecule has 1 aromatic carbocycles. The van der Waals surface area contributed by atoms with Crippen LogP contribution in [0.1, 0.15) is 38.2 Å². The Bertz CT molecular complexity index is 503. The summed E-state index contributed by atoms with van der Waals surface area (Å²) in [5, 5.41) is 3.07. The van der Waals surface area contributed by atoms with Crippen molar-refractivity contribution in [3.63, 3.8) is 0 Å². The Labute approximate surface area is 133 Å². The van der Waals surface area contributed by atoms with Crippen LogP contribution in [0.5, 0.6) is 0 Å². The van der Waals surface area contributed by atoms with Gasteiger partial charge in [0.1, 0.15) is 0 Å². The fourth-order valence-corrected chi connectivity index (χ4v) is 3.46. The second-order valence-corrected chi connectivity index (χ2v) is 6.45. The maximum absolute atomic E-state index is 12.4. The Balaban J connectivity index is 1.50. The molecule has 22 heavy (non-hydrogen) atoms. The van der Waals surface area contributed by atoms with Crippen molar-refractivity contribution in [3.8, 4) is 0 Å². The number of nitrogens with zero attached hydrogens (tertiary/aromatic N) is 2. The number of hydrogen-bond acceptors (Lipinski definition) is 2. The molecule has 4 heteroatoms. The maximum atomic E-state index is 12.4. The van der Waals surface area contributed by atoms with Gasteiger partial charge < -0.3 is 10.2 Å². The lowest BCUT2D eigenvalue weighted by Crippen LogP contribution is -2.62. The normalized spacial score (nSPS) is 20.3. The molecule has 2 aliphatic heterocycles. The van der Waals surface area contributed by atoms with Crippen LogP contribution in [-0.2, 0) is 6.42 Å². The average molecular weight is 301 g/mol. The van der Waals surface area contributed by atoms with Crippen LogP contribution in [-0.4, -0.2) is 48.1 Å². The number of nitrogens with one attached hydrogen (secondary N) is 1. The zero-order chi connectivity index (χ0) is 15.4. The molecule has 1 N–H and O–H groups in total. The standard InChI is InChI=1S/C18H27N3O/c1-2-15-9-5-6-10-17(15)19-18(22)21-13-16(14-21)20-11-7-3-4-8-12-20/h5-6,9-10,16H,2-4,7-8,11-14H2,1H3,(H,19,22). The highest BCUT2D eigenvalue weighted by Gasteiger charge is 2.34. The van der Waals surface area contributed by atoms with Crippen molar-refractivity contribution in [2.45, 2.75) is 45.1 Å². The predicted octanol–water partition coefficient (Wildman–Crippen LogP) is 3.34. The van der Waals surface area contributed by atoms with E-state index in [1.54, 1.807) is 0 Å². The molecular formula is C18H27N3O. The van der Waals surface area contributed by atoms with Crippen molar-refractivity contribution < 1.29 is 4.79 Å². The second kappa shape index (κ2) is 7.14. The fourth-order valence-electron chi connectivity index (χ4n) is 3.46. The van der Waals surface area contributed by atoms with E-state index in [4.69, 9.17) is 0 Å². The Morgan fingerprint density at radius 3 is 2.50 bits per heavy atom. The SMILES string of the molecule is CCc1ccccc1NC(=O)N1CC(N2CCCCCC2)C1. The van der Waals surface area contributed by atoms with Gasteiger partial charge in [0.25, 0.3) is 0 Å². The molecule has 2 saturated heterocycles. The molecule has 0 spiro atoms. The van der Waals surface area contributed by atoms with Crippen molar-refractivity contribution in [1.82, 2.24) is 9.80 Å². The van der Waals surface area contributed by atoms with Gasteiger partial charge in [0.2, 0.25) is 0 Å². The number of carbonyl (C=O) groups is 1. The van der Waals surface area contributed by atoms with Crippen LogP contribution in [0, 0.1) is 0 Å². The lowest BCUT2D eigenvalue weighted by atomic mass is 10.1. The van der Waals surface area contributed by atoms with Crippen molar-refractivity contribution in [2.24, 2.45) is 0 Å². The summed E-state index contributed by atoms with van der Waals surface area (Å²) in [4.78, 5) is 16.9. The number of para-hydroxylation sites is 1. The van der Waals surface area contributed by atoms with Gasteiger partial charge in [0.05, 0.1) is 0 Å². The van der Waals surface area contributed by atoms with Gasteiger partial charge in [-0.05, 0) is 44.0 Å². The van der Waals surface area contributed by atoms with Gasteiger partial charge in [-0.2, -0.15) is 0 Å². The number of amides is 2. The van der Waals surface area contributed by atoms with Crippen LogP contribution in [0.25, 0.3) is 0 Å². The molecule has 0 atom stereocenters. The molecule has 0 saturated carbocycles. The van der Waals surface area contributed by atoms with Gasteiger partial charge in [-0.15, -0.1) is 0 Å². The number of anilines is 1. The summed E-state index contributed by atoms with van der Waals surface area (Å²) in [6, 6.07) is 8.68. The van der Waals surface area contributed by atoms with Crippen LogP contribution in [0.2, 0.25) is 0 Å². The molecule has 0 radical (unpaired) electrons. The molecule has 0 unspecified atom stereocenters. The number of carbonyl (C=O) groups excluding carboxylic acids is 1. The third kappa shape index (κ3) is 3.43. The minimum absolute atomic E-state index is 0.0481. The smallest absolute Gasteiger partial charge is 0.321 e. The number of likely N-dealkylation sites (tertiary alicyclic amines) is 2. The number of hydrogen-bond donors (Lipinski definition) is 1. The second-order valence-electron chi connectivity index (χ2n) is 6.45. The number of rotatable bonds is 3. The Morgan fingerprint density at radius 1 is 1.14 bits per heavy atom. The predicted molar refractivity (Wildman–Crippen MR) is 90.2 cm³/mol. The summed E-state index contributed by atoms with van der Waals surface area (Å²) in [5.41, 5.74) is 2.15. The number of aryl methyl sites for hydroxylation is 1. The minimum atomic E-state index is 0.0481. The van der Waals surface area contributed by atoms with Crippen LogP contribution in [0.3, 0.4) is 0 Å². The molecule has 0 aromatic heterocycles. The Kier molecular flexibility index (Phi) is 4.98. The molecule has 3 rings (SSSR count). The van der Waals surface area contributed by atoms with E-state index in [2.05, 4.69) is 23.2 Å². The summed E-state index contributed by atoms with van der Waals surface area (Å²) >= 11 is 0.